The number of hydrogen-bond acceptors (Lipinski definition) is 7. The number of likely N-dealkylation sites (tertiary alicyclic amines) is 1. The number of aromatic nitrogens is 1. The van der Waals surface area contributed by atoms with Crippen molar-refractivity contribution in [1.29, 1.82) is 0 Å². The van der Waals surface area contributed by atoms with Gasteiger partial charge in [-0.3, -0.25) is 0 Å². The zero-order valence-electron chi connectivity index (χ0n) is 18.2. The molecule has 4 rings (SSSR count). The quantitative estimate of drug-likeness (QED) is 0.623. The Morgan fingerprint density at radius 2 is 1.87 bits per heavy atom. The van der Waals surface area contributed by atoms with Crippen molar-refractivity contribution in [2.24, 2.45) is 0 Å². The molecule has 0 N–H and O–H groups in total. The summed E-state index contributed by atoms with van der Waals surface area (Å²) in [5, 5.41) is 2.68. The van der Waals surface area contributed by atoms with Crippen molar-refractivity contribution in [1.82, 2.24) is 14.2 Å². The predicted molar refractivity (Wildman–Crippen MR) is 121 cm³/mol. The molecule has 2 fully saturated rings. The largest absolute Gasteiger partial charge is 0.492 e. The van der Waals surface area contributed by atoms with Crippen molar-refractivity contribution >= 4 is 21.4 Å². The van der Waals surface area contributed by atoms with Crippen molar-refractivity contribution in [2.45, 2.75) is 56.6 Å². The first kappa shape index (κ1) is 22.5. The zero-order chi connectivity index (χ0) is 21.8. The summed E-state index contributed by atoms with van der Waals surface area (Å²) in [5.74, 6) is 0.442. The van der Waals surface area contributed by atoms with Crippen LogP contribution in [0, 0.1) is 6.92 Å². The topological polar surface area (TPSA) is 72.0 Å². The summed E-state index contributed by atoms with van der Waals surface area (Å²) in [5.41, 5.74) is 0.916. The predicted octanol–water partition coefficient (Wildman–Crippen LogP) is 3.55. The van der Waals surface area contributed by atoms with Gasteiger partial charge in [0.25, 0.3) is 5.19 Å². The maximum Gasteiger partial charge on any atom is 0.273 e. The number of hydrogen-bond donors (Lipinski definition) is 0. The van der Waals surface area contributed by atoms with Gasteiger partial charge >= 0.3 is 0 Å². The standard InChI is InChI=1S/C22H31N3O4S2/c1-3-28-20-5-4-17(2)16-21(20)31(26,27)25-13-6-18(7-14-25)24-11-8-19(9-12-24)29-22-23-10-15-30-22/h4-5,10,15-16,18-19H,3,6-9,11-14H2,1-2H3. The highest BCUT2D eigenvalue weighted by Gasteiger charge is 2.34. The van der Waals surface area contributed by atoms with E-state index in [0.717, 1.165) is 49.5 Å². The van der Waals surface area contributed by atoms with E-state index in [4.69, 9.17) is 9.47 Å². The van der Waals surface area contributed by atoms with E-state index in [9.17, 15) is 8.42 Å². The Morgan fingerprint density at radius 1 is 1.13 bits per heavy atom. The van der Waals surface area contributed by atoms with Crippen LogP contribution >= 0.6 is 11.3 Å². The van der Waals surface area contributed by atoms with E-state index in [1.165, 1.54) is 11.3 Å². The lowest BCUT2D eigenvalue weighted by Crippen LogP contribution is -2.50. The van der Waals surface area contributed by atoms with Gasteiger partial charge in [0, 0.05) is 43.8 Å². The summed E-state index contributed by atoms with van der Waals surface area (Å²) in [4.78, 5) is 7.00. The van der Waals surface area contributed by atoms with Gasteiger partial charge in [0.1, 0.15) is 16.7 Å². The molecule has 3 heterocycles. The Kier molecular flexibility index (Phi) is 7.15. The number of benzene rings is 1. The Labute approximate surface area is 189 Å². The fourth-order valence-corrected chi connectivity index (χ4v) is 6.69. The fraction of sp³-hybridized carbons (Fsp3) is 0.591. The van der Waals surface area contributed by atoms with Crippen molar-refractivity contribution < 1.29 is 17.9 Å². The van der Waals surface area contributed by atoms with Crippen LogP contribution < -0.4 is 9.47 Å². The van der Waals surface area contributed by atoms with Crippen LogP contribution in [0.4, 0.5) is 0 Å². The molecule has 2 aliphatic rings. The highest BCUT2D eigenvalue weighted by molar-refractivity contribution is 7.89. The third-order valence-corrected chi connectivity index (χ3v) is 8.69. The molecule has 0 saturated carbocycles. The molecule has 2 saturated heterocycles. The van der Waals surface area contributed by atoms with Crippen LogP contribution in [0.25, 0.3) is 0 Å². The van der Waals surface area contributed by atoms with Crippen molar-refractivity contribution in [3.63, 3.8) is 0 Å². The Morgan fingerprint density at radius 3 is 2.52 bits per heavy atom. The third-order valence-electron chi connectivity index (χ3n) is 6.11. The average molecular weight is 466 g/mol. The fourth-order valence-electron chi connectivity index (χ4n) is 4.45. The molecule has 7 nitrogen and oxygen atoms in total. The first-order valence-electron chi connectivity index (χ1n) is 11.0. The van der Waals surface area contributed by atoms with Crippen LogP contribution in [0.2, 0.25) is 0 Å². The minimum Gasteiger partial charge on any atom is -0.492 e. The summed E-state index contributed by atoms with van der Waals surface area (Å²) in [6.07, 6.45) is 5.67. The van der Waals surface area contributed by atoms with Crippen LogP contribution in [0.5, 0.6) is 10.9 Å². The Bertz CT molecular complexity index is 949. The molecule has 1 aromatic carbocycles. The second kappa shape index (κ2) is 9.85. The normalized spacial score (nSPS) is 20.1. The van der Waals surface area contributed by atoms with Crippen LogP contribution in [0.1, 0.15) is 38.2 Å². The molecular weight excluding hydrogens is 434 g/mol. The third kappa shape index (κ3) is 5.22. The molecule has 0 bridgehead atoms. The van der Waals surface area contributed by atoms with Gasteiger partial charge in [-0.25, -0.2) is 13.4 Å². The molecule has 31 heavy (non-hydrogen) atoms. The van der Waals surface area contributed by atoms with E-state index in [1.807, 2.05) is 25.3 Å². The van der Waals surface area contributed by atoms with Gasteiger partial charge < -0.3 is 14.4 Å². The van der Waals surface area contributed by atoms with Crippen LogP contribution in [-0.4, -0.2) is 67.5 Å². The van der Waals surface area contributed by atoms with E-state index < -0.39 is 10.0 Å². The van der Waals surface area contributed by atoms with Gasteiger partial charge in [-0.1, -0.05) is 17.4 Å². The summed E-state index contributed by atoms with van der Waals surface area (Å²) in [6.45, 7) is 7.27. The lowest BCUT2D eigenvalue weighted by atomic mass is 10.00. The van der Waals surface area contributed by atoms with E-state index in [1.54, 1.807) is 22.6 Å². The van der Waals surface area contributed by atoms with Crippen LogP contribution in [0.15, 0.2) is 34.7 Å². The minimum absolute atomic E-state index is 0.223. The maximum atomic E-state index is 13.3. The molecule has 0 radical (unpaired) electrons. The summed E-state index contributed by atoms with van der Waals surface area (Å²) in [7, 11) is -3.57. The number of ether oxygens (including phenoxy) is 2. The van der Waals surface area contributed by atoms with Crippen molar-refractivity contribution in [2.75, 3.05) is 32.8 Å². The molecular formula is C22H31N3O4S2. The molecule has 170 valence electrons. The molecule has 0 spiro atoms. The highest BCUT2D eigenvalue weighted by Crippen LogP contribution is 2.31. The molecule has 0 atom stereocenters. The number of rotatable bonds is 7. The SMILES string of the molecule is CCOc1ccc(C)cc1S(=O)(=O)N1CCC(N2CCC(Oc3nccs3)CC2)CC1. The second-order valence-corrected chi connectivity index (χ2v) is 10.9. The Hall–Kier alpha value is -1.68. The zero-order valence-corrected chi connectivity index (χ0v) is 19.8. The van der Waals surface area contributed by atoms with Crippen LogP contribution in [0.3, 0.4) is 0 Å². The highest BCUT2D eigenvalue weighted by atomic mass is 32.2. The Balaban J connectivity index is 1.33. The monoisotopic (exact) mass is 465 g/mol. The van der Waals surface area contributed by atoms with E-state index in [0.29, 0.717) is 31.5 Å². The lowest BCUT2D eigenvalue weighted by Gasteiger charge is -2.41. The molecule has 2 aromatic rings. The molecule has 0 amide bonds. The molecule has 0 aliphatic carbocycles. The molecule has 9 heteroatoms. The molecule has 2 aliphatic heterocycles. The van der Waals surface area contributed by atoms with E-state index in [2.05, 4.69) is 9.88 Å². The number of sulfonamides is 1. The maximum absolute atomic E-state index is 13.3. The van der Waals surface area contributed by atoms with Gasteiger partial charge in [0.2, 0.25) is 10.0 Å². The number of thiazole rings is 1. The van der Waals surface area contributed by atoms with E-state index >= 15 is 0 Å². The lowest BCUT2D eigenvalue weighted by molar-refractivity contribution is 0.0584. The van der Waals surface area contributed by atoms with Gasteiger partial charge in [-0.15, -0.1) is 0 Å². The summed E-state index contributed by atoms with van der Waals surface area (Å²) in [6, 6.07) is 5.80. The van der Waals surface area contributed by atoms with Gasteiger partial charge in [-0.2, -0.15) is 4.31 Å². The van der Waals surface area contributed by atoms with Crippen LogP contribution in [-0.2, 0) is 10.0 Å². The number of aryl methyl sites for hydroxylation is 1. The second-order valence-electron chi connectivity index (χ2n) is 8.17. The van der Waals surface area contributed by atoms with E-state index in [-0.39, 0.29) is 11.0 Å². The van der Waals surface area contributed by atoms with Crippen molar-refractivity contribution in [3.8, 4) is 10.9 Å². The first-order chi connectivity index (χ1) is 15.0. The minimum atomic E-state index is -3.57. The van der Waals surface area contributed by atoms with Gasteiger partial charge in [-0.05, 0) is 57.2 Å². The first-order valence-corrected chi connectivity index (χ1v) is 13.3. The average Bonchev–Trinajstić information content (AvgIpc) is 3.29. The summed E-state index contributed by atoms with van der Waals surface area (Å²) < 4.78 is 39.8. The summed E-state index contributed by atoms with van der Waals surface area (Å²) >= 11 is 1.53. The molecule has 0 unspecified atom stereocenters. The smallest absolute Gasteiger partial charge is 0.273 e. The van der Waals surface area contributed by atoms with Gasteiger partial charge in [0.15, 0.2) is 0 Å². The number of nitrogens with zero attached hydrogens (tertiary/aromatic N) is 3. The van der Waals surface area contributed by atoms with Gasteiger partial charge in [0.05, 0.1) is 6.61 Å². The number of piperidine rings is 2. The van der Waals surface area contributed by atoms with Crippen molar-refractivity contribution in [3.05, 3.63) is 35.3 Å². The molecule has 1 aromatic heterocycles.